The van der Waals surface area contributed by atoms with Gasteiger partial charge in [0, 0.05) is 5.69 Å². The third-order valence-electron chi connectivity index (χ3n) is 4.83. The molecule has 0 aliphatic rings. The van der Waals surface area contributed by atoms with Crippen molar-refractivity contribution in [2.75, 3.05) is 22.8 Å². The van der Waals surface area contributed by atoms with Crippen molar-refractivity contribution in [1.82, 2.24) is 0 Å². The minimum atomic E-state index is -4.08. The molecule has 0 aliphatic heterocycles. The Bertz CT molecular complexity index is 1320. The van der Waals surface area contributed by atoms with Gasteiger partial charge >= 0.3 is 5.97 Å². The first-order chi connectivity index (χ1) is 16.2. The van der Waals surface area contributed by atoms with Crippen molar-refractivity contribution in [3.05, 3.63) is 102 Å². The summed E-state index contributed by atoms with van der Waals surface area (Å²) in [6.07, 6.45) is 1.44. The zero-order valence-corrected chi connectivity index (χ0v) is 20.0. The molecule has 0 saturated carbocycles. The molecular formula is C25H23ClN2O5S. The fourth-order valence-corrected chi connectivity index (χ4v) is 4.91. The predicted molar refractivity (Wildman–Crippen MR) is 133 cm³/mol. The van der Waals surface area contributed by atoms with Crippen molar-refractivity contribution in [3.8, 4) is 0 Å². The molecule has 9 heteroatoms. The first-order valence-electron chi connectivity index (χ1n) is 10.2. The topological polar surface area (TPSA) is 92.8 Å². The number of anilines is 2. The van der Waals surface area contributed by atoms with Gasteiger partial charge in [0.15, 0.2) is 6.61 Å². The van der Waals surface area contributed by atoms with Gasteiger partial charge in [0.05, 0.1) is 27.7 Å². The summed E-state index contributed by atoms with van der Waals surface area (Å²) in [5.41, 5.74) is 1.74. The zero-order valence-electron chi connectivity index (χ0n) is 18.4. The van der Waals surface area contributed by atoms with Gasteiger partial charge in [0.25, 0.3) is 15.9 Å². The Morgan fingerprint density at radius 2 is 1.76 bits per heavy atom. The quantitative estimate of drug-likeness (QED) is 0.337. The van der Waals surface area contributed by atoms with Crippen molar-refractivity contribution in [3.63, 3.8) is 0 Å². The lowest BCUT2D eigenvalue weighted by Gasteiger charge is -2.24. The Kier molecular flexibility index (Phi) is 8.09. The average Bonchev–Trinajstić information content (AvgIpc) is 2.83. The van der Waals surface area contributed by atoms with Crippen LogP contribution in [0.4, 0.5) is 11.4 Å². The van der Waals surface area contributed by atoms with E-state index in [-0.39, 0.29) is 27.7 Å². The Morgan fingerprint density at radius 3 is 2.47 bits per heavy atom. The second-order valence-corrected chi connectivity index (χ2v) is 9.51. The summed E-state index contributed by atoms with van der Waals surface area (Å²) in [5, 5.41) is 2.92. The Morgan fingerprint density at radius 1 is 1.06 bits per heavy atom. The van der Waals surface area contributed by atoms with Crippen molar-refractivity contribution < 1.29 is 22.7 Å². The lowest BCUT2D eigenvalue weighted by Crippen LogP contribution is -2.31. The van der Waals surface area contributed by atoms with E-state index in [1.54, 1.807) is 36.4 Å². The molecule has 0 heterocycles. The number of nitrogens with zero attached hydrogens (tertiary/aromatic N) is 1. The summed E-state index contributed by atoms with van der Waals surface area (Å²) in [6, 6.07) is 19.1. The van der Waals surface area contributed by atoms with Crippen molar-refractivity contribution in [1.29, 1.82) is 0 Å². The molecule has 0 unspecified atom stereocenters. The van der Waals surface area contributed by atoms with Crippen LogP contribution in [0, 0.1) is 6.92 Å². The maximum atomic E-state index is 13.4. The Labute approximate surface area is 203 Å². The van der Waals surface area contributed by atoms with Crippen LogP contribution in [-0.2, 0) is 19.6 Å². The monoisotopic (exact) mass is 498 g/mol. The second kappa shape index (κ2) is 11.0. The van der Waals surface area contributed by atoms with Crippen LogP contribution in [0.2, 0.25) is 5.02 Å². The minimum Gasteiger partial charge on any atom is -0.452 e. The molecule has 3 rings (SSSR count). The van der Waals surface area contributed by atoms with Gasteiger partial charge in [-0.3, -0.25) is 9.10 Å². The number of carbonyl (C=O) groups is 2. The first kappa shape index (κ1) is 25.0. The third kappa shape index (κ3) is 5.84. The third-order valence-corrected chi connectivity index (χ3v) is 6.92. The minimum absolute atomic E-state index is 0.0116. The highest BCUT2D eigenvalue weighted by Crippen LogP contribution is 2.30. The largest absolute Gasteiger partial charge is 0.452 e. The van der Waals surface area contributed by atoms with Gasteiger partial charge in [-0.1, -0.05) is 54.1 Å². The van der Waals surface area contributed by atoms with E-state index in [9.17, 15) is 18.0 Å². The fourth-order valence-electron chi connectivity index (χ4n) is 3.12. The summed E-state index contributed by atoms with van der Waals surface area (Å²) in [5.74, 6) is -1.34. The van der Waals surface area contributed by atoms with Crippen molar-refractivity contribution >= 4 is 44.9 Å². The molecule has 176 valence electrons. The molecule has 1 amide bonds. The summed E-state index contributed by atoms with van der Waals surface area (Å²) in [6.45, 7) is 4.91. The van der Waals surface area contributed by atoms with E-state index in [1.165, 1.54) is 30.3 Å². The standard InChI is InChI=1S/C25H23ClN2O5S/c1-3-15-28(23-14-7-5-12-21(23)26)34(31,32)20-11-8-10-19(16-20)25(30)33-17-24(29)27-22-13-6-4-9-18(22)2/h3-14,16H,1,15,17H2,2H3,(H,27,29). The maximum Gasteiger partial charge on any atom is 0.338 e. The number of hydrogen-bond acceptors (Lipinski definition) is 5. The molecule has 3 aromatic carbocycles. The number of benzene rings is 3. The van der Waals surface area contributed by atoms with E-state index in [4.69, 9.17) is 16.3 Å². The highest BCUT2D eigenvalue weighted by molar-refractivity contribution is 7.92. The summed E-state index contributed by atoms with van der Waals surface area (Å²) in [7, 11) is -4.08. The van der Waals surface area contributed by atoms with Gasteiger partial charge in [-0.15, -0.1) is 6.58 Å². The highest BCUT2D eigenvalue weighted by atomic mass is 35.5. The maximum absolute atomic E-state index is 13.4. The number of hydrogen-bond donors (Lipinski definition) is 1. The van der Waals surface area contributed by atoms with Gasteiger partial charge in [-0.25, -0.2) is 13.2 Å². The number of nitrogens with one attached hydrogen (secondary N) is 1. The lowest BCUT2D eigenvalue weighted by molar-refractivity contribution is -0.119. The van der Waals surface area contributed by atoms with Crippen LogP contribution >= 0.6 is 11.6 Å². The number of amides is 1. The molecule has 0 fully saturated rings. The van der Waals surface area contributed by atoms with E-state index < -0.39 is 28.5 Å². The molecule has 0 radical (unpaired) electrons. The molecule has 0 aromatic heterocycles. The number of aryl methyl sites for hydroxylation is 1. The van der Waals surface area contributed by atoms with Crippen LogP contribution in [0.15, 0.2) is 90.3 Å². The van der Waals surface area contributed by atoms with Crippen LogP contribution < -0.4 is 9.62 Å². The van der Waals surface area contributed by atoms with Gasteiger partial charge < -0.3 is 10.1 Å². The summed E-state index contributed by atoms with van der Waals surface area (Å²) in [4.78, 5) is 24.6. The second-order valence-electron chi connectivity index (χ2n) is 7.24. The zero-order chi connectivity index (χ0) is 24.7. The number of halogens is 1. The van der Waals surface area contributed by atoms with Gasteiger partial charge in [-0.05, 0) is 48.9 Å². The van der Waals surface area contributed by atoms with Gasteiger partial charge in [0.1, 0.15) is 0 Å². The Balaban J connectivity index is 1.77. The SMILES string of the molecule is C=CCN(c1ccccc1Cl)S(=O)(=O)c1cccc(C(=O)OCC(=O)Nc2ccccc2C)c1. The van der Waals surface area contributed by atoms with Gasteiger partial charge in [-0.2, -0.15) is 0 Å². The molecule has 3 aromatic rings. The number of ether oxygens (including phenoxy) is 1. The first-order valence-corrected chi connectivity index (χ1v) is 12.1. The van der Waals surface area contributed by atoms with Crippen LogP contribution in [0.1, 0.15) is 15.9 Å². The predicted octanol–water partition coefficient (Wildman–Crippen LogP) is 4.83. The number of rotatable bonds is 9. The molecule has 0 atom stereocenters. The molecule has 0 aliphatic carbocycles. The Hall–Kier alpha value is -3.62. The molecule has 1 N–H and O–H groups in total. The molecule has 0 spiro atoms. The summed E-state index contributed by atoms with van der Waals surface area (Å²) >= 11 is 6.22. The molecular weight excluding hydrogens is 476 g/mol. The number of carbonyl (C=O) groups excluding carboxylic acids is 2. The normalized spacial score (nSPS) is 10.9. The van der Waals surface area contributed by atoms with Crippen LogP contribution in [0.5, 0.6) is 0 Å². The van der Waals surface area contributed by atoms with Crippen molar-refractivity contribution in [2.45, 2.75) is 11.8 Å². The van der Waals surface area contributed by atoms with E-state index in [1.807, 2.05) is 19.1 Å². The molecule has 0 bridgehead atoms. The number of sulfonamides is 1. The number of esters is 1. The van der Waals surface area contributed by atoms with Gasteiger partial charge in [0.2, 0.25) is 0 Å². The highest BCUT2D eigenvalue weighted by Gasteiger charge is 2.26. The lowest BCUT2D eigenvalue weighted by atomic mass is 10.2. The number of para-hydroxylation sites is 2. The molecule has 7 nitrogen and oxygen atoms in total. The molecule has 34 heavy (non-hydrogen) atoms. The van der Waals surface area contributed by atoms with Crippen LogP contribution in [0.3, 0.4) is 0 Å². The fraction of sp³-hybridized carbons (Fsp3) is 0.120. The smallest absolute Gasteiger partial charge is 0.338 e. The molecule has 0 saturated heterocycles. The van der Waals surface area contributed by atoms with E-state index >= 15 is 0 Å². The van der Waals surface area contributed by atoms with E-state index in [0.717, 1.165) is 9.87 Å². The van der Waals surface area contributed by atoms with E-state index in [0.29, 0.717) is 5.69 Å². The van der Waals surface area contributed by atoms with E-state index in [2.05, 4.69) is 11.9 Å². The van der Waals surface area contributed by atoms with Crippen LogP contribution in [0.25, 0.3) is 0 Å². The van der Waals surface area contributed by atoms with Crippen molar-refractivity contribution in [2.24, 2.45) is 0 Å². The summed E-state index contributed by atoms with van der Waals surface area (Å²) < 4.78 is 32.9. The average molecular weight is 499 g/mol. The van der Waals surface area contributed by atoms with Crippen LogP contribution in [-0.4, -0.2) is 33.4 Å².